The monoisotopic (exact) mass is 260 g/mol. The Labute approximate surface area is 117 Å². The highest BCUT2D eigenvalue weighted by Crippen LogP contribution is 2.55. The summed E-state index contributed by atoms with van der Waals surface area (Å²) in [7, 11) is -1.35. The van der Waals surface area contributed by atoms with Crippen molar-refractivity contribution < 1.29 is 10.0 Å². The summed E-state index contributed by atoms with van der Waals surface area (Å²) in [5, 5.41) is 18.6. The molecular weight excluding hydrogens is 235 g/mol. The van der Waals surface area contributed by atoms with Gasteiger partial charge in [0.1, 0.15) is 0 Å². The molecule has 0 aromatic heterocycles. The Morgan fingerprint density at radius 3 is 1.84 bits per heavy atom. The molecule has 2 nitrogen and oxygen atoms in total. The molecule has 4 rings (SSSR count). The van der Waals surface area contributed by atoms with Crippen molar-refractivity contribution >= 4 is 12.6 Å². The van der Waals surface area contributed by atoms with Crippen LogP contribution in [0.2, 0.25) is 0 Å². The van der Waals surface area contributed by atoms with Crippen molar-refractivity contribution in [2.75, 3.05) is 0 Å². The summed E-state index contributed by atoms with van der Waals surface area (Å²) in [5.41, 5.74) is 3.97. The average Bonchev–Trinajstić information content (AvgIpc) is 2.43. The molecule has 1 fully saturated rings. The van der Waals surface area contributed by atoms with Crippen LogP contribution >= 0.6 is 0 Å². The van der Waals surface area contributed by atoms with Crippen LogP contribution in [-0.2, 0) is 10.8 Å². The molecule has 0 unspecified atom stereocenters. The lowest BCUT2D eigenvalue weighted by Crippen LogP contribution is -2.45. The lowest BCUT2D eigenvalue weighted by atomic mass is 9.52. The van der Waals surface area contributed by atoms with E-state index in [1.54, 1.807) is 0 Å². The topological polar surface area (TPSA) is 40.5 Å². The molecule has 19 heavy (non-hydrogen) atoms. The highest BCUT2D eigenvalue weighted by molar-refractivity contribution is 6.58. The predicted octanol–water partition coefficient (Wildman–Crippen LogP) is 2.50. The van der Waals surface area contributed by atoms with E-state index < -0.39 is 7.12 Å². The summed E-state index contributed by atoms with van der Waals surface area (Å²) in [5.74, 6) is 0. The molecule has 0 amide bonds. The van der Waals surface area contributed by atoms with Crippen LogP contribution in [-0.4, -0.2) is 17.2 Å². The van der Waals surface area contributed by atoms with Gasteiger partial charge in [-0.05, 0) is 53.1 Å². The van der Waals surface area contributed by atoms with E-state index in [1.807, 2.05) is 26.0 Å². The van der Waals surface area contributed by atoms with Gasteiger partial charge in [0, 0.05) is 0 Å². The van der Waals surface area contributed by atoms with Crippen molar-refractivity contribution in [3.8, 4) is 0 Å². The van der Waals surface area contributed by atoms with E-state index in [2.05, 4.69) is 19.9 Å². The van der Waals surface area contributed by atoms with Gasteiger partial charge in [-0.25, -0.2) is 0 Å². The third-order valence-electron chi connectivity index (χ3n) is 5.10. The molecule has 0 spiro atoms. The molecule has 3 aliphatic carbocycles. The third-order valence-corrected chi connectivity index (χ3v) is 5.10. The van der Waals surface area contributed by atoms with Crippen molar-refractivity contribution in [1.82, 2.24) is 0 Å². The van der Waals surface area contributed by atoms with Gasteiger partial charge in [-0.2, -0.15) is 0 Å². The van der Waals surface area contributed by atoms with Gasteiger partial charge >= 0.3 is 7.12 Å². The molecule has 0 heterocycles. The van der Waals surface area contributed by atoms with Crippen molar-refractivity contribution in [2.45, 2.75) is 64.2 Å². The Hall–Kier alpha value is -0.795. The molecule has 2 bridgehead atoms. The van der Waals surface area contributed by atoms with Gasteiger partial charge in [-0.15, -0.1) is 0 Å². The number of rotatable bonds is 1. The largest absolute Gasteiger partial charge is 0.488 e. The Bertz CT molecular complexity index is 460. The minimum Gasteiger partial charge on any atom is -0.423 e. The zero-order valence-electron chi connectivity index (χ0n) is 12.5. The molecular formula is C16H25BO2. The Morgan fingerprint density at radius 2 is 1.37 bits per heavy atom. The SMILES string of the molecule is CC.CC12CCC(C)(CC1)c1cc(B(O)O)ccc12. The lowest BCUT2D eigenvalue weighted by molar-refractivity contribution is 0.188. The van der Waals surface area contributed by atoms with Crippen molar-refractivity contribution in [1.29, 1.82) is 0 Å². The van der Waals surface area contributed by atoms with Crippen molar-refractivity contribution in [3.05, 3.63) is 29.3 Å². The number of hydrogen-bond acceptors (Lipinski definition) is 2. The molecule has 104 valence electrons. The summed E-state index contributed by atoms with van der Waals surface area (Å²) < 4.78 is 0. The number of fused-ring (bicyclic) bond motifs is 2. The molecule has 1 saturated carbocycles. The van der Waals surface area contributed by atoms with E-state index in [1.165, 1.54) is 36.8 Å². The molecule has 0 aliphatic heterocycles. The highest BCUT2D eigenvalue weighted by atomic mass is 16.4. The second-order valence-electron chi connectivity index (χ2n) is 6.30. The highest BCUT2D eigenvalue weighted by Gasteiger charge is 2.47. The lowest BCUT2D eigenvalue weighted by Gasteiger charge is -2.52. The third kappa shape index (κ3) is 2.23. The normalized spacial score (nSPS) is 31.3. The minimum absolute atomic E-state index is 0.248. The number of benzene rings is 1. The van der Waals surface area contributed by atoms with E-state index in [9.17, 15) is 10.0 Å². The standard InChI is InChI=1S/C14H19BO2.C2H6/c1-13-5-7-14(2,8-6-13)12-9-10(15(16)17)3-4-11(12)13;1-2/h3-4,9,16-17H,5-8H2,1-2H3;1-2H3. The Morgan fingerprint density at radius 1 is 0.895 bits per heavy atom. The first kappa shape index (κ1) is 14.6. The average molecular weight is 260 g/mol. The van der Waals surface area contributed by atoms with Gasteiger partial charge in [0.25, 0.3) is 0 Å². The molecule has 3 heteroatoms. The Kier molecular flexibility index (Phi) is 3.81. The van der Waals surface area contributed by atoms with E-state index in [-0.39, 0.29) is 5.41 Å². The van der Waals surface area contributed by atoms with Crippen molar-refractivity contribution in [2.24, 2.45) is 0 Å². The first-order chi connectivity index (χ1) is 8.95. The van der Waals surface area contributed by atoms with Crippen LogP contribution in [0.4, 0.5) is 0 Å². The predicted molar refractivity (Wildman–Crippen MR) is 80.8 cm³/mol. The van der Waals surface area contributed by atoms with Crippen LogP contribution in [0.5, 0.6) is 0 Å². The Balaban J connectivity index is 0.000000637. The zero-order valence-corrected chi connectivity index (χ0v) is 12.5. The van der Waals surface area contributed by atoms with Crippen LogP contribution in [0.3, 0.4) is 0 Å². The van der Waals surface area contributed by atoms with Gasteiger partial charge in [0.15, 0.2) is 0 Å². The van der Waals surface area contributed by atoms with Crippen LogP contribution in [0.15, 0.2) is 18.2 Å². The van der Waals surface area contributed by atoms with Crippen LogP contribution in [0, 0.1) is 0 Å². The van der Waals surface area contributed by atoms with Gasteiger partial charge in [0.2, 0.25) is 0 Å². The smallest absolute Gasteiger partial charge is 0.423 e. The molecule has 0 atom stereocenters. The first-order valence-corrected chi connectivity index (χ1v) is 7.46. The molecule has 0 saturated heterocycles. The fourth-order valence-corrected chi connectivity index (χ4v) is 3.64. The van der Waals surface area contributed by atoms with Gasteiger partial charge in [0.05, 0.1) is 0 Å². The minimum atomic E-state index is -1.35. The fraction of sp³-hybridized carbons (Fsp3) is 0.625. The molecule has 1 aromatic carbocycles. The van der Waals surface area contributed by atoms with Crippen LogP contribution < -0.4 is 5.46 Å². The van der Waals surface area contributed by atoms with E-state index in [0.29, 0.717) is 10.9 Å². The quantitative estimate of drug-likeness (QED) is 0.762. The second-order valence-corrected chi connectivity index (χ2v) is 6.30. The summed E-state index contributed by atoms with van der Waals surface area (Å²) in [4.78, 5) is 0. The van der Waals surface area contributed by atoms with Gasteiger partial charge in [-0.1, -0.05) is 45.9 Å². The molecule has 0 radical (unpaired) electrons. The first-order valence-electron chi connectivity index (χ1n) is 7.46. The maximum atomic E-state index is 9.30. The van der Waals surface area contributed by atoms with Gasteiger partial charge in [-0.3, -0.25) is 0 Å². The molecule has 1 aromatic rings. The summed E-state index contributed by atoms with van der Waals surface area (Å²) in [6, 6.07) is 5.98. The van der Waals surface area contributed by atoms with Gasteiger partial charge < -0.3 is 10.0 Å². The van der Waals surface area contributed by atoms with Crippen molar-refractivity contribution in [3.63, 3.8) is 0 Å². The fourth-order valence-electron chi connectivity index (χ4n) is 3.64. The van der Waals surface area contributed by atoms with E-state index in [0.717, 1.165) is 0 Å². The van der Waals surface area contributed by atoms with E-state index >= 15 is 0 Å². The second kappa shape index (κ2) is 4.95. The molecule has 3 aliphatic rings. The number of hydrogen-bond donors (Lipinski definition) is 2. The van der Waals surface area contributed by atoms with Crippen LogP contribution in [0.1, 0.15) is 64.5 Å². The summed E-state index contributed by atoms with van der Waals surface area (Å²) >= 11 is 0. The maximum absolute atomic E-state index is 9.30. The maximum Gasteiger partial charge on any atom is 0.488 e. The zero-order chi connectivity index (χ0) is 14.3. The van der Waals surface area contributed by atoms with E-state index in [4.69, 9.17) is 0 Å². The summed E-state index contributed by atoms with van der Waals surface area (Å²) in [6.45, 7) is 8.66. The molecule has 2 N–H and O–H groups in total. The summed E-state index contributed by atoms with van der Waals surface area (Å²) in [6.07, 6.45) is 4.97. The van der Waals surface area contributed by atoms with Crippen LogP contribution in [0.25, 0.3) is 0 Å².